The van der Waals surface area contributed by atoms with E-state index in [4.69, 9.17) is 10.5 Å². The highest BCUT2D eigenvalue weighted by Gasteiger charge is 2.07. The lowest BCUT2D eigenvalue weighted by Gasteiger charge is -2.14. The molecule has 0 radical (unpaired) electrons. The molecule has 4 heteroatoms. The summed E-state index contributed by atoms with van der Waals surface area (Å²) in [4.78, 5) is 4.34. The highest BCUT2D eigenvalue weighted by atomic mass is 16.5. The minimum atomic E-state index is 0.641. The highest BCUT2D eigenvalue weighted by Crippen LogP contribution is 2.28. The molecule has 0 atom stereocenters. The molecule has 0 aliphatic rings. The van der Waals surface area contributed by atoms with Crippen LogP contribution in [-0.2, 0) is 6.54 Å². The molecule has 0 amide bonds. The zero-order valence-electron chi connectivity index (χ0n) is 11.8. The predicted molar refractivity (Wildman–Crippen MR) is 86.5 cm³/mol. The Balaban J connectivity index is 1.93. The van der Waals surface area contributed by atoms with Crippen molar-refractivity contribution in [2.75, 3.05) is 18.2 Å². The van der Waals surface area contributed by atoms with Gasteiger partial charge in [0.2, 0.25) is 0 Å². The number of methoxy groups -OCH3 is 1. The first-order valence-electron chi connectivity index (χ1n) is 6.78. The van der Waals surface area contributed by atoms with Crippen LogP contribution in [-0.4, -0.2) is 12.1 Å². The quantitative estimate of drug-likeness (QED) is 0.768. The summed E-state index contributed by atoms with van der Waals surface area (Å²) in [7, 11) is 1.68. The fourth-order valence-electron chi connectivity index (χ4n) is 2.39. The molecule has 0 saturated heterocycles. The van der Waals surface area contributed by atoms with Gasteiger partial charge in [0.05, 0.1) is 30.2 Å². The van der Waals surface area contributed by atoms with E-state index in [0.29, 0.717) is 12.2 Å². The fraction of sp³-hybridized carbons (Fsp3) is 0.118. The van der Waals surface area contributed by atoms with Crippen LogP contribution in [0.3, 0.4) is 0 Å². The molecule has 3 aromatic rings. The summed E-state index contributed by atoms with van der Waals surface area (Å²) >= 11 is 0. The van der Waals surface area contributed by atoms with Crippen molar-refractivity contribution in [3.8, 4) is 5.75 Å². The number of hydrogen-bond donors (Lipinski definition) is 2. The van der Waals surface area contributed by atoms with Gasteiger partial charge in [0.25, 0.3) is 0 Å². The number of nitrogens with zero attached hydrogens (tertiary/aromatic N) is 1. The zero-order chi connectivity index (χ0) is 14.7. The number of hydrogen-bond acceptors (Lipinski definition) is 4. The largest absolute Gasteiger partial charge is 0.496 e. The predicted octanol–water partition coefficient (Wildman–Crippen LogP) is 3.44. The number of fused-ring (bicyclic) bond motifs is 1. The van der Waals surface area contributed by atoms with Gasteiger partial charge >= 0.3 is 0 Å². The molecule has 0 bridgehead atoms. The number of benzene rings is 2. The summed E-state index contributed by atoms with van der Waals surface area (Å²) < 4.78 is 5.37. The summed E-state index contributed by atoms with van der Waals surface area (Å²) in [6, 6.07) is 15.9. The minimum Gasteiger partial charge on any atom is -0.496 e. The van der Waals surface area contributed by atoms with Crippen LogP contribution in [0.4, 0.5) is 11.4 Å². The minimum absolute atomic E-state index is 0.641. The summed E-state index contributed by atoms with van der Waals surface area (Å²) in [5.74, 6) is 0.863. The van der Waals surface area contributed by atoms with Gasteiger partial charge in [0, 0.05) is 17.5 Å². The van der Waals surface area contributed by atoms with Crippen molar-refractivity contribution in [3.05, 3.63) is 60.3 Å². The smallest absolute Gasteiger partial charge is 0.123 e. The van der Waals surface area contributed by atoms with Gasteiger partial charge < -0.3 is 15.8 Å². The van der Waals surface area contributed by atoms with E-state index in [9.17, 15) is 0 Å². The number of rotatable bonds is 4. The van der Waals surface area contributed by atoms with E-state index in [1.165, 1.54) is 0 Å². The van der Waals surface area contributed by atoms with Crippen molar-refractivity contribution in [1.82, 2.24) is 4.98 Å². The molecule has 0 fully saturated rings. The second-order valence-electron chi connectivity index (χ2n) is 4.77. The Bertz CT molecular complexity index is 771. The van der Waals surface area contributed by atoms with Gasteiger partial charge in [0.15, 0.2) is 0 Å². The number of nitrogens with two attached hydrogens (primary N) is 1. The Morgan fingerprint density at radius 2 is 1.86 bits per heavy atom. The van der Waals surface area contributed by atoms with Crippen LogP contribution in [0.1, 0.15) is 5.56 Å². The molecule has 1 heterocycles. The van der Waals surface area contributed by atoms with Crippen LogP contribution >= 0.6 is 0 Å². The third-order valence-electron chi connectivity index (χ3n) is 3.45. The first-order valence-corrected chi connectivity index (χ1v) is 6.78. The van der Waals surface area contributed by atoms with E-state index in [1.54, 1.807) is 13.3 Å². The molecule has 21 heavy (non-hydrogen) atoms. The second kappa shape index (κ2) is 5.71. The van der Waals surface area contributed by atoms with Crippen LogP contribution in [0.15, 0.2) is 54.7 Å². The number of anilines is 2. The van der Waals surface area contributed by atoms with Crippen LogP contribution in [0.5, 0.6) is 5.75 Å². The topological polar surface area (TPSA) is 60.2 Å². The molecule has 106 valence electrons. The van der Waals surface area contributed by atoms with E-state index in [2.05, 4.69) is 10.3 Å². The van der Waals surface area contributed by atoms with E-state index >= 15 is 0 Å². The SMILES string of the molecule is COc1ccccc1CNc1c(N)cnc2ccccc12. The molecule has 0 aliphatic carbocycles. The van der Waals surface area contributed by atoms with Crippen molar-refractivity contribution in [2.45, 2.75) is 6.54 Å². The monoisotopic (exact) mass is 279 g/mol. The number of pyridine rings is 1. The molecule has 0 aliphatic heterocycles. The second-order valence-corrected chi connectivity index (χ2v) is 4.77. The van der Waals surface area contributed by atoms with Crippen molar-refractivity contribution < 1.29 is 4.74 Å². The molecule has 0 spiro atoms. The summed E-state index contributed by atoms with van der Waals surface area (Å²) in [5, 5.41) is 4.42. The van der Waals surface area contributed by atoms with Crippen LogP contribution in [0.25, 0.3) is 10.9 Å². The molecule has 0 saturated carbocycles. The van der Waals surface area contributed by atoms with E-state index < -0.39 is 0 Å². The number of para-hydroxylation sites is 2. The molecule has 2 aromatic carbocycles. The van der Waals surface area contributed by atoms with Crippen LogP contribution in [0.2, 0.25) is 0 Å². The van der Waals surface area contributed by atoms with Crippen molar-refractivity contribution in [1.29, 1.82) is 0 Å². The Morgan fingerprint density at radius 1 is 1.10 bits per heavy atom. The maximum atomic E-state index is 6.07. The number of aromatic nitrogens is 1. The fourth-order valence-corrected chi connectivity index (χ4v) is 2.39. The van der Waals surface area contributed by atoms with Gasteiger partial charge in [-0.25, -0.2) is 0 Å². The van der Waals surface area contributed by atoms with Gasteiger partial charge in [-0.2, -0.15) is 0 Å². The van der Waals surface area contributed by atoms with Crippen molar-refractivity contribution >= 4 is 22.3 Å². The molecule has 3 N–H and O–H groups in total. The summed E-state index contributed by atoms with van der Waals surface area (Å²) in [6.45, 7) is 0.641. The molecule has 0 unspecified atom stereocenters. The zero-order valence-corrected chi connectivity index (χ0v) is 11.8. The average molecular weight is 279 g/mol. The standard InChI is InChI=1S/C17H17N3O/c1-21-16-9-5-2-6-12(16)10-20-17-13-7-3-4-8-15(13)19-11-14(17)18/h2-9,11H,10,18H2,1H3,(H,19,20). The van der Waals surface area contributed by atoms with Gasteiger partial charge in [0.1, 0.15) is 5.75 Å². The molecular weight excluding hydrogens is 262 g/mol. The van der Waals surface area contributed by atoms with Gasteiger partial charge in [-0.3, -0.25) is 4.98 Å². The lowest BCUT2D eigenvalue weighted by atomic mass is 10.1. The van der Waals surface area contributed by atoms with Gasteiger partial charge in [-0.15, -0.1) is 0 Å². The number of ether oxygens (including phenoxy) is 1. The molecule has 4 nitrogen and oxygen atoms in total. The van der Waals surface area contributed by atoms with E-state index in [1.807, 2.05) is 48.5 Å². The number of nitrogens with one attached hydrogen (secondary N) is 1. The Hall–Kier alpha value is -2.75. The Morgan fingerprint density at radius 3 is 2.71 bits per heavy atom. The van der Waals surface area contributed by atoms with Gasteiger partial charge in [-0.1, -0.05) is 36.4 Å². The first-order chi connectivity index (χ1) is 10.3. The third kappa shape index (κ3) is 2.60. The molecule has 3 rings (SSSR count). The summed E-state index contributed by atoms with van der Waals surface area (Å²) in [5.41, 5.74) is 9.62. The van der Waals surface area contributed by atoms with E-state index in [-0.39, 0.29) is 0 Å². The van der Waals surface area contributed by atoms with E-state index in [0.717, 1.165) is 27.9 Å². The molecular formula is C17H17N3O. The normalized spacial score (nSPS) is 10.5. The van der Waals surface area contributed by atoms with Crippen LogP contribution in [0, 0.1) is 0 Å². The molecule has 1 aromatic heterocycles. The van der Waals surface area contributed by atoms with Crippen LogP contribution < -0.4 is 15.8 Å². The Labute approximate surface area is 123 Å². The maximum Gasteiger partial charge on any atom is 0.123 e. The summed E-state index contributed by atoms with van der Waals surface area (Å²) in [6.07, 6.45) is 1.69. The highest BCUT2D eigenvalue weighted by molar-refractivity contribution is 5.96. The van der Waals surface area contributed by atoms with Crippen molar-refractivity contribution in [2.24, 2.45) is 0 Å². The lowest BCUT2D eigenvalue weighted by Crippen LogP contribution is -2.05. The Kier molecular flexibility index (Phi) is 3.60. The first kappa shape index (κ1) is 13.2. The average Bonchev–Trinajstić information content (AvgIpc) is 2.54. The lowest BCUT2D eigenvalue weighted by molar-refractivity contribution is 0.410. The maximum absolute atomic E-state index is 6.07. The number of nitrogen functional groups attached to an aromatic ring is 1. The third-order valence-corrected chi connectivity index (χ3v) is 3.45. The van der Waals surface area contributed by atoms with Gasteiger partial charge in [-0.05, 0) is 12.1 Å². The van der Waals surface area contributed by atoms with Crippen molar-refractivity contribution in [3.63, 3.8) is 0 Å².